The smallest absolute Gasteiger partial charge is 0.00902 e. The first-order valence-electron chi connectivity index (χ1n) is 5.53. The molecule has 1 atom stereocenters. The first kappa shape index (κ1) is 13.3. The van der Waals surface area contributed by atoms with E-state index in [-0.39, 0.29) is 0 Å². The zero-order valence-electron chi connectivity index (χ0n) is 9.60. The minimum atomic E-state index is 0.724. The Hall–Kier alpha value is 0.310. The molecule has 0 aromatic carbocycles. The van der Waals surface area contributed by atoms with E-state index in [1.54, 1.807) is 0 Å². The number of rotatable bonds is 8. The molecule has 0 spiro atoms. The summed E-state index contributed by atoms with van der Waals surface area (Å²) >= 11 is 2.05. The zero-order chi connectivity index (χ0) is 10.1. The van der Waals surface area contributed by atoms with Gasteiger partial charge in [-0.25, -0.2) is 0 Å². The molecule has 0 saturated carbocycles. The molecule has 0 amide bonds. The lowest BCUT2D eigenvalue weighted by molar-refractivity contribution is 0.383. The lowest BCUT2D eigenvalue weighted by Crippen LogP contribution is -2.33. The van der Waals surface area contributed by atoms with Gasteiger partial charge in [-0.1, -0.05) is 27.7 Å². The second-order valence-corrected chi connectivity index (χ2v) is 5.14. The van der Waals surface area contributed by atoms with Crippen LogP contribution < -0.4 is 5.32 Å². The van der Waals surface area contributed by atoms with Gasteiger partial charge < -0.3 is 5.32 Å². The summed E-state index contributed by atoms with van der Waals surface area (Å²) in [6.07, 6.45) is 2.69. The summed E-state index contributed by atoms with van der Waals surface area (Å²) in [5.74, 6) is 3.35. The second kappa shape index (κ2) is 8.89. The van der Waals surface area contributed by atoms with Crippen LogP contribution in [-0.4, -0.2) is 24.1 Å². The Morgan fingerprint density at radius 3 is 2.38 bits per heavy atom. The summed E-state index contributed by atoms with van der Waals surface area (Å²) in [7, 11) is 0. The molecular weight excluding hydrogens is 178 g/mol. The molecule has 1 N–H and O–H groups in total. The Labute approximate surface area is 88.1 Å². The van der Waals surface area contributed by atoms with E-state index < -0.39 is 0 Å². The number of nitrogens with one attached hydrogen (secondary N) is 1. The van der Waals surface area contributed by atoms with Gasteiger partial charge in [-0.05, 0) is 36.8 Å². The van der Waals surface area contributed by atoms with Crippen LogP contribution in [0, 0.1) is 5.92 Å². The average molecular weight is 203 g/mol. The molecular formula is C11H25NS. The third kappa shape index (κ3) is 7.39. The van der Waals surface area contributed by atoms with Crippen molar-refractivity contribution in [1.29, 1.82) is 0 Å². The van der Waals surface area contributed by atoms with Crippen molar-refractivity contribution in [3.8, 4) is 0 Å². The summed E-state index contributed by atoms with van der Waals surface area (Å²) in [5.41, 5.74) is 0. The highest BCUT2D eigenvalue weighted by Gasteiger charge is 2.10. The molecule has 0 aromatic heterocycles. The number of hydrogen-bond acceptors (Lipinski definition) is 2. The predicted molar refractivity (Wildman–Crippen MR) is 64.5 cm³/mol. The van der Waals surface area contributed by atoms with Crippen molar-refractivity contribution in [3.05, 3.63) is 0 Å². The summed E-state index contributed by atoms with van der Waals surface area (Å²) < 4.78 is 0. The highest BCUT2D eigenvalue weighted by molar-refractivity contribution is 7.99. The lowest BCUT2D eigenvalue weighted by Gasteiger charge is -2.21. The number of thioether (sulfide) groups is 1. The normalized spacial score (nSPS) is 13.6. The van der Waals surface area contributed by atoms with Crippen LogP contribution in [0.4, 0.5) is 0 Å². The highest BCUT2D eigenvalue weighted by atomic mass is 32.2. The van der Waals surface area contributed by atoms with Gasteiger partial charge >= 0.3 is 0 Å². The SMILES string of the molecule is CCNC(CCCSCC)C(C)C. The van der Waals surface area contributed by atoms with Crippen LogP contribution in [0.1, 0.15) is 40.5 Å². The first-order chi connectivity index (χ1) is 6.22. The molecule has 0 heterocycles. The third-order valence-corrected chi connectivity index (χ3v) is 3.26. The molecule has 0 aliphatic heterocycles. The molecule has 1 nitrogen and oxygen atoms in total. The van der Waals surface area contributed by atoms with Crippen LogP contribution in [0.3, 0.4) is 0 Å². The van der Waals surface area contributed by atoms with Gasteiger partial charge in [-0.2, -0.15) is 11.8 Å². The molecule has 80 valence electrons. The number of hydrogen-bond donors (Lipinski definition) is 1. The minimum Gasteiger partial charge on any atom is -0.314 e. The van der Waals surface area contributed by atoms with Crippen LogP contribution in [0.25, 0.3) is 0 Å². The Morgan fingerprint density at radius 1 is 1.23 bits per heavy atom. The molecule has 0 saturated heterocycles. The lowest BCUT2D eigenvalue weighted by atomic mass is 10.00. The maximum absolute atomic E-state index is 3.55. The molecule has 0 aliphatic rings. The van der Waals surface area contributed by atoms with Gasteiger partial charge in [0.25, 0.3) is 0 Å². The molecule has 0 aromatic rings. The fourth-order valence-corrected chi connectivity index (χ4v) is 2.14. The van der Waals surface area contributed by atoms with Gasteiger partial charge in [0, 0.05) is 6.04 Å². The maximum atomic E-state index is 3.55. The topological polar surface area (TPSA) is 12.0 Å². The summed E-state index contributed by atoms with van der Waals surface area (Å²) in [6, 6.07) is 0.724. The van der Waals surface area contributed by atoms with Crippen molar-refractivity contribution in [2.45, 2.75) is 46.6 Å². The maximum Gasteiger partial charge on any atom is 0.00902 e. The van der Waals surface area contributed by atoms with Crippen LogP contribution in [-0.2, 0) is 0 Å². The largest absolute Gasteiger partial charge is 0.314 e. The molecule has 0 radical (unpaired) electrons. The summed E-state index contributed by atoms with van der Waals surface area (Å²) in [4.78, 5) is 0. The van der Waals surface area contributed by atoms with E-state index >= 15 is 0 Å². The van der Waals surface area contributed by atoms with Crippen molar-refractivity contribution >= 4 is 11.8 Å². The summed E-state index contributed by atoms with van der Waals surface area (Å²) in [6.45, 7) is 10.1. The van der Waals surface area contributed by atoms with Crippen LogP contribution in [0.5, 0.6) is 0 Å². The standard InChI is InChI=1S/C11H25NS/c1-5-12-11(10(3)4)8-7-9-13-6-2/h10-12H,5-9H2,1-4H3. The van der Waals surface area contributed by atoms with Crippen LogP contribution in [0.2, 0.25) is 0 Å². The Kier molecular flexibility index (Phi) is 9.10. The van der Waals surface area contributed by atoms with Crippen molar-refractivity contribution in [3.63, 3.8) is 0 Å². The van der Waals surface area contributed by atoms with Crippen LogP contribution >= 0.6 is 11.8 Å². The van der Waals surface area contributed by atoms with E-state index in [9.17, 15) is 0 Å². The van der Waals surface area contributed by atoms with E-state index in [1.165, 1.54) is 24.3 Å². The fourth-order valence-electron chi connectivity index (χ4n) is 1.48. The van der Waals surface area contributed by atoms with Gasteiger partial charge in [-0.3, -0.25) is 0 Å². The Morgan fingerprint density at radius 2 is 1.92 bits per heavy atom. The molecule has 0 bridgehead atoms. The quantitative estimate of drug-likeness (QED) is 0.608. The second-order valence-electron chi connectivity index (χ2n) is 3.75. The van der Waals surface area contributed by atoms with Gasteiger partial charge in [0.2, 0.25) is 0 Å². The summed E-state index contributed by atoms with van der Waals surface area (Å²) in [5, 5.41) is 3.55. The van der Waals surface area contributed by atoms with E-state index in [1.807, 2.05) is 0 Å². The monoisotopic (exact) mass is 203 g/mol. The van der Waals surface area contributed by atoms with Gasteiger partial charge in [0.05, 0.1) is 0 Å². The molecule has 2 heteroatoms. The van der Waals surface area contributed by atoms with Crippen molar-refractivity contribution in [2.24, 2.45) is 5.92 Å². The van der Waals surface area contributed by atoms with Gasteiger partial charge in [-0.15, -0.1) is 0 Å². The van der Waals surface area contributed by atoms with Crippen molar-refractivity contribution < 1.29 is 0 Å². The van der Waals surface area contributed by atoms with Gasteiger partial charge in [0.1, 0.15) is 0 Å². The molecule has 0 fully saturated rings. The molecule has 13 heavy (non-hydrogen) atoms. The van der Waals surface area contributed by atoms with Crippen molar-refractivity contribution in [2.75, 3.05) is 18.1 Å². The fraction of sp³-hybridized carbons (Fsp3) is 1.00. The Balaban J connectivity index is 3.45. The zero-order valence-corrected chi connectivity index (χ0v) is 10.4. The van der Waals surface area contributed by atoms with E-state index in [0.29, 0.717) is 0 Å². The van der Waals surface area contributed by atoms with Gasteiger partial charge in [0.15, 0.2) is 0 Å². The van der Waals surface area contributed by atoms with Crippen molar-refractivity contribution in [1.82, 2.24) is 5.32 Å². The average Bonchev–Trinajstić information content (AvgIpc) is 2.10. The molecule has 0 aliphatic carbocycles. The first-order valence-corrected chi connectivity index (χ1v) is 6.68. The van der Waals surface area contributed by atoms with E-state index in [2.05, 4.69) is 44.8 Å². The minimum absolute atomic E-state index is 0.724. The Bertz CT molecular complexity index is 104. The van der Waals surface area contributed by atoms with E-state index in [0.717, 1.165) is 18.5 Å². The molecule has 1 unspecified atom stereocenters. The van der Waals surface area contributed by atoms with Crippen LogP contribution in [0.15, 0.2) is 0 Å². The van der Waals surface area contributed by atoms with E-state index in [4.69, 9.17) is 0 Å². The predicted octanol–water partition coefficient (Wildman–Crippen LogP) is 3.15. The highest BCUT2D eigenvalue weighted by Crippen LogP contribution is 2.11. The molecule has 0 rings (SSSR count). The third-order valence-electron chi connectivity index (χ3n) is 2.28.